The summed E-state index contributed by atoms with van der Waals surface area (Å²) in [6.07, 6.45) is 0. The standard InChI is InChI=1S/C15H11F3O4/c1-21-9-4-2-8(3-5-9)7-22-11-6-10(15(19)20)12(16)14(18)13(11)17/h2-6H,7H2,1H3,(H,19,20). The second kappa shape index (κ2) is 6.38. The summed E-state index contributed by atoms with van der Waals surface area (Å²) in [7, 11) is 1.50. The second-order valence-electron chi connectivity index (χ2n) is 4.31. The molecular weight excluding hydrogens is 301 g/mol. The topological polar surface area (TPSA) is 55.8 Å². The Morgan fingerprint density at radius 3 is 2.27 bits per heavy atom. The summed E-state index contributed by atoms with van der Waals surface area (Å²) < 4.78 is 50.2. The SMILES string of the molecule is COc1ccc(COc2cc(C(=O)O)c(F)c(F)c2F)cc1. The molecule has 0 aliphatic heterocycles. The third-order valence-electron chi connectivity index (χ3n) is 2.90. The maximum Gasteiger partial charge on any atom is 0.338 e. The Morgan fingerprint density at radius 1 is 1.09 bits per heavy atom. The van der Waals surface area contributed by atoms with E-state index in [0.29, 0.717) is 17.4 Å². The van der Waals surface area contributed by atoms with Crippen molar-refractivity contribution in [3.8, 4) is 11.5 Å². The Hall–Kier alpha value is -2.70. The van der Waals surface area contributed by atoms with Crippen LogP contribution in [0.4, 0.5) is 13.2 Å². The largest absolute Gasteiger partial charge is 0.497 e. The zero-order chi connectivity index (χ0) is 16.3. The molecule has 116 valence electrons. The lowest BCUT2D eigenvalue weighted by Crippen LogP contribution is -2.08. The highest BCUT2D eigenvalue weighted by Gasteiger charge is 2.23. The molecule has 0 aliphatic rings. The molecular formula is C15H11F3O4. The van der Waals surface area contributed by atoms with Gasteiger partial charge in [-0.3, -0.25) is 0 Å². The molecule has 0 saturated carbocycles. The van der Waals surface area contributed by atoms with Crippen LogP contribution in [0.1, 0.15) is 15.9 Å². The summed E-state index contributed by atoms with van der Waals surface area (Å²) >= 11 is 0. The van der Waals surface area contributed by atoms with Gasteiger partial charge in [0.25, 0.3) is 0 Å². The van der Waals surface area contributed by atoms with Gasteiger partial charge >= 0.3 is 5.97 Å². The number of ether oxygens (including phenoxy) is 2. The summed E-state index contributed by atoms with van der Waals surface area (Å²) in [6, 6.07) is 7.16. The van der Waals surface area contributed by atoms with Gasteiger partial charge in [0.15, 0.2) is 17.4 Å². The lowest BCUT2D eigenvalue weighted by molar-refractivity contribution is 0.0689. The first kappa shape index (κ1) is 15.7. The molecule has 0 atom stereocenters. The van der Waals surface area contributed by atoms with Crippen molar-refractivity contribution in [2.24, 2.45) is 0 Å². The Bertz CT molecular complexity index is 699. The lowest BCUT2D eigenvalue weighted by atomic mass is 10.2. The van der Waals surface area contributed by atoms with Crippen molar-refractivity contribution in [2.45, 2.75) is 6.61 Å². The quantitative estimate of drug-likeness (QED) is 0.860. The molecule has 0 saturated heterocycles. The van der Waals surface area contributed by atoms with Gasteiger partial charge in [0.2, 0.25) is 5.82 Å². The number of hydrogen-bond acceptors (Lipinski definition) is 3. The van der Waals surface area contributed by atoms with Crippen molar-refractivity contribution < 1.29 is 32.5 Å². The third kappa shape index (κ3) is 3.13. The molecule has 0 unspecified atom stereocenters. The monoisotopic (exact) mass is 312 g/mol. The van der Waals surface area contributed by atoms with E-state index >= 15 is 0 Å². The number of hydrogen-bond donors (Lipinski definition) is 1. The highest BCUT2D eigenvalue weighted by Crippen LogP contribution is 2.26. The molecule has 0 radical (unpaired) electrons. The molecule has 0 aliphatic carbocycles. The van der Waals surface area contributed by atoms with Crippen molar-refractivity contribution in [1.82, 2.24) is 0 Å². The highest BCUT2D eigenvalue weighted by atomic mass is 19.2. The van der Waals surface area contributed by atoms with Gasteiger partial charge in [0, 0.05) is 6.07 Å². The van der Waals surface area contributed by atoms with Crippen LogP contribution in [0.3, 0.4) is 0 Å². The average molecular weight is 312 g/mol. The third-order valence-corrected chi connectivity index (χ3v) is 2.90. The number of carboxylic acid groups (broad SMARTS) is 1. The number of aromatic carboxylic acids is 1. The van der Waals surface area contributed by atoms with E-state index in [0.717, 1.165) is 0 Å². The van der Waals surface area contributed by atoms with Crippen LogP contribution in [0.25, 0.3) is 0 Å². The Morgan fingerprint density at radius 2 is 1.73 bits per heavy atom. The first-order valence-electron chi connectivity index (χ1n) is 6.10. The fourth-order valence-electron chi connectivity index (χ4n) is 1.72. The first-order chi connectivity index (χ1) is 10.4. The molecule has 0 spiro atoms. The molecule has 1 N–H and O–H groups in total. The maximum absolute atomic E-state index is 13.6. The van der Waals surface area contributed by atoms with Crippen LogP contribution < -0.4 is 9.47 Å². The molecule has 0 bridgehead atoms. The van der Waals surface area contributed by atoms with E-state index in [1.165, 1.54) is 7.11 Å². The zero-order valence-corrected chi connectivity index (χ0v) is 11.4. The van der Waals surface area contributed by atoms with Crippen molar-refractivity contribution in [1.29, 1.82) is 0 Å². The van der Waals surface area contributed by atoms with Gasteiger partial charge in [-0.1, -0.05) is 12.1 Å². The summed E-state index contributed by atoms with van der Waals surface area (Å²) in [5, 5.41) is 8.75. The predicted octanol–water partition coefficient (Wildman–Crippen LogP) is 3.39. The minimum Gasteiger partial charge on any atom is -0.497 e. The molecule has 4 nitrogen and oxygen atoms in total. The van der Waals surface area contributed by atoms with E-state index < -0.39 is 34.7 Å². The van der Waals surface area contributed by atoms with Gasteiger partial charge in [-0.15, -0.1) is 0 Å². The Labute approximate surface area is 123 Å². The fraction of sp³-hybridized carbons (Fsp3) is 0.133. The fourth-order valence-corrected chi connectivity index (χ4v) is 1.72. The number of carbonyl (C=O) groups is 1. The van der Waals surface area contributed by atoms with Crippen molar-refractivity contribution in [2.75, 3.05) is 7.11 Å². The lowest BCUT2D eigenvalue weighted by Gasteiger charge is -2.10. The van der Waals surface area contributed by atoms with Gasteiger partial charge in [0.1, 0.15) is 17.9 Å². The van der Waals surface area contributed by atoms with Crippen LogP contribution in [-0.2, 0) is 6.61 Å². The van der Waals surface area contributed by atoms with Gasteiger partial charge in [-0.05, 0) is 17.7 Å². The molecule has 22 heavy (non-hydrogen) atoms. The Balaban J connectivity index is 2.23. The summed E-state index contributed by atoms with van der Waals surface area (Å²) in [6.45, 7) is -0.148. The van der Waals surface area contributed by atoms with Gasteiger partial charge in [-0.25, -0.2) is 13.6 Å². The minimum absolute atomic E-state index is 0.148. The van der Waals surface area contributed by atoms with Crippen LogP contribution in [0.2, 0.25) is 0 Å². The van der Waals surface area contributed by atoms with Crippen molar-refractivity contribution in [3.63, 3.8) is 0 Å². The number of carboxylic acids is 1. The first-order valence-corrected chi connectivity index (χ1v) is 6.10. The van der Waals surface area contributed by atoms with Crippen molar-refractivity contribution in [3.05, 3.63) is 58.9 Å². The van der Waals surface area contributed by atoms with E-state index in [1.54, 1.807) is 24.3 Å². The average Bonchev–Trinajstić information content (AvgIpc) is 2.52. The summed E-state index contributed by atoms with van der Waals surface area (Å²) in [5.74, 6) is -7.00. The van der Waals surface area contributed by atoms with Crippen LogP contribution in [0, 0.1) is 17.5 Å². The molecule has 2 aromatic rings. The van der Waals surface area contributed by atoms with Gasteiger partial charge < -0.3 is 14.6 Å². The number of halogens is 3. The zero-order valence-electron chi connectivity index (χ0n) is 11.4. The second-order valence-corrected chi connectivity index (χ2v) is 4.31. The number of benzene rings is 2. The molecule has 7 heteroatoms. The van der Waals surface area contributed by atoms with Crippen LogP contribution in [0.5, 0.6) is 11.5 Å². The van der Waals surface area contributed by atoms with E-state index in [9.17, 15) is 18.0 Å². The molecule has 2 rings (SSSR count). The van der Waals surface area contributed by atoms with Gasteiger partial charge in [-0.2, -0.15) is 4.39 Å². The van der Waals surface area contributed by atoms with Crippen LogP contribution in [0.15, 0.2) is 30.3 Å². The summed E-state index contributed by atoms with van der Waals surface area (Å²) in [4.78, 5) is 10.8. The number of rotatable bonds is 5. The number of methoxy groups -OCH3 is 1. The van der Waals surface area contributed by atoms with Crippen LogP contribution in [-0.4, -0.2) is 18.2 Å². The summed E-state index contributed by atoms with van der Waals surface area (Å²) in [5.41, 5.74) is -0.384. The van der Waals surface area contributed by atoms with E-state index in [4.69, 9.17) is 14.6 Å². The normalized spacial score (nSPS) is 10.4. The molecule has 0 amide bonds. The van der Waals surface area contributed by atoms with E-state index in [1.807, 2.05) is 0 Å². The van der Waals surface area contributed by atoms with E-state index in [2.05, 4.69) is 0 Å². The smallest absolute Gasteiger partial charge is 0.338 e. The van der Waals surface area contributed by atoms with Gasteiger partial charge in [0.05, 0.1) is 7.11 Å². The van der Waals surface area contributed by atoms with Crippen LogP contribution >= 0.6 is 0 Å². The predicted molar refractivity (Wildman–Crippen MR) is 70.6 cm³/mol. The Kier molecular flexibility index (Phi) is 4.55. The minimum atomic E-state index is -1.88. The van der Waals surface area contributed by atoms with Crippen molar-refractivity contribution >= 4 is 5.97 Å². The molecule has 0 fully saturated rings. The molecule has 0 heterocycles. The molecule has 0 aromatic heterocycles. The highest BCUT2D eigenvalue weighted by molar-refractivity contribution is 5.88. The van der Waals surface area contributed by atoms with E-state index in [-0.39, 0.29) is 6.61 Å². The molecule has 2 aromatic carbocycles. The maximum atomic E-state index is 13.6.